The Balaban J connectivity index is 1.85. The zero-order valence-corrected chi connectivity index (χ0v) is 10.1. The maximum Gasteiger partial charge on any atom is 0.227 e. The number of carbonyl (C=O) groups is 1. The van der Waals surface area contributed by atoms with Gasteiger partial charge in [0.1, 0.15) is 0 Å². The highest BCUT2D eigenvalue weighted by atomic mass is 16.2. The summed E-state index contributed by atoms with van der Waals surface area (Å²) in [4.78, 5) is 17.0. The Bertz CT molecular complexity index is 440. The zero-order chi connectivity index (χ0) is 11.5. The molecular weight excluding hydrogens is 212 g/mol. The molecule has 0 aromatic heterocycles. The average molecular weight is 230 g/mol. The smallest absolute Gasteiger partial charge is 0.227 e. The minimum absolute atomic E-state index is 0.0422. The van der Waals surface area contributed by atoms with Crippen LogP contribution in [0.25, 0.3) is 0 Å². The van der Waals surface area contributed by atoms with Crippen LogP contribution in [0.3, 0.4) is 0 Å². The Labute approximate surface area is 102 Å². The molecule has 3 heterocycles. The van der Waals surface area contributed by atoms with Crippen LogP contribution in [0, 0.1) is 0 Å². The molecular formula is C14H18N2O. The van der Waals surface area contributed by atoms with Crippen LogP contribution in [0.1, 0.15) is 25.7 Å². The highest BCUT2D eigenvalue weighted by Gasteiger charge is 2.58. The summed E-state index contributed by atoms with van der Waals surface area (Å²) < 4.78 is 0. The number of amides is 1. The second kappa shape index (κ2) is 3.22. The van der Waals surface area contributed by atoms with Gasteiger partial charge in [-0.15, -0.1) is 0 Å². The molecule has 2 unspecified atom stereocenters. The summed E-state index contributed by atoms with van der Waals surface area (Å²) in [5.41, 5.74) is 1.42. The van der Waals surface area contributed by atoms with Crippen LogP contribution in [-0.4, -0.2) is 46.9 Å². The molecule has 0 bridgehead atoms. The van der Waals surface area contributed by atoms with Crippen molar-refractivity contribution in [2.75, 3.05) is 19.6 Å². The molecule has 0 radical (unpaired) electrons. The minimum Gasteiger partial charge on any atom is -0.330 e. The number of hydrogen-bond acceptors (Lipinski definition) is 2. The minimum atomic E-state index is 0.0422. The zero-order valence-electron chi connectivity index (χ0n) is 10.1. The van der Waals surface area contributed by atoms with Gasteiger partial charge in [-0.1, -0.05) is 18.2 Å². The van der Waals surface area contributed by atoms with Crippen LogP contribution in [0.5, 0.6) is 0 Å². The number of carbonyl (C=O) groups excluding carboxylic acids is 1. The van der Waals surface area contributed by atoms with Crippen molar-refractivity contribution >= 4 is 5.91 Å². The Morgan fingerprint density at radius 2 is 2.24 bits per heavy atom. The summed E-state index contributed by atoms with van der Waals surface area (Å²) in [6.07, 6.45) is 10.8. The predicted octanol–water partition coefficient (Wildman–Crippen LogP) is 1.32. The van der Waals surface area contributed by atoms with Crippen LogP contribution >= 0.6 is 0 Å². The van der Waals surface area contributed by atoms with Gasteiger partial charge in [0.2, 0.25) is 5.91 Å². The van der Waals surface area contributed by atoms with Crippen molar-refractivity contribution in [3.63, 3.8) is 0 Å². The van der Waals surface area contributed by atoms with E-state index in [9.17, 15) is 4.79 Å². The molecule has 0 aromatic rings. The van der Waals surface area contributed by atoms with Gasteiger partial charge in [0, 0.05) is 19.1 Å². The fourth-order valence-corrected chi connectivity index (χ4v) is 4.40. The molecule has 0 aromatic carbocycles. The van der Waals surface area contributed by atoms with Crippen LogP contribution < -0.4 is 0 Å². The number of hydrogen-bond donors (Lipinski definition) is 0. The Morgan fingerprint density at radius 1 is 1.29 bits per heavy atom. The van der Waals surface area contributed by atoms with Crippen LogP contribution in [-0.2, 0) is 4.79 Å². The van der Waals surface area contributed by atoms with E-state index in [2.05, 4.69) is 28.0 Å². The lowest BCUT2D eigenvalue weighted by Gasteiger charge is -2.52. The number of nitrogens with zero attached hydrogens (tertiary/aromatic N) is 2. The normalized spacial score (nSPS) is 40.0. The lowest BCUT2D eigenvalue weighted by molar-refractivity contribution is -0.135. The van der Waals surface area contributed by atoms with E-state index in [0.29, 0.717) is 18.4 Å². The maximum absolute atomic E-state index is 12.2. The molecule has 2 atom stereocenters. The van der Waals surface area contributed by atoms with E-state index in [1.165, 1.54) is 25.0 Å². The molecule has 3 saturated heterocycles. The van der Waals surface area contributed by atoms with Crippen molar-refractivity contribution in [1.29, 1.82) is 0 Å². The summed E-state index contributed by atoms with van der Waals surface area (Å²) in [5, 5.41) is 0. The Morgan fingerprint density at radius 3 is 3.18 bits per heavy atom. The molecule has 1 amide bonds. The lowest BCUT2D eigenvalue weighted by Crippen LogP contribution is -2.65. The van der Waals surface area contributed by atoms with Gasteiger partial charge >= 0.3 is 0 Å². The van der Waals surface area contributed by atoms with Crippen LogP contribution in [0.2, 0.25) is 0 Å². The molecule has 3 fully saturated rings. The van der Waals surface area contributed by atoms with Crippen molar-refractivity contribution in [2.45, 2.75) is 37.3 Å². The Hall–Kier alpha value is -1.09. The number of rotatable bonds is 0. The molecule has 1 aliphatic carbocycles. The van der Waals surface area contributed by atoms with Gasteiger partial charge in [0.25, 0.3) is 0 Å². The van der Waals surface area contributed by atoms with Crippen molar-refractivity contribution in [1.82, 2.24) is 9.80 Å². The van der Waals surface area contributed by atoms with Gasteiger partial charge < -0.3 is 4.90 Å². The first-order valence-corrected chi connectivity index (χ1v) is 6.73. The number of piperazine rings is 1. The van der Waals surface area contributed by atoms with E-state index in [4.69, 9.17) is 0 Å². The molecule has 0 saturated carbocycles. The monoisotopic (exact) mass is 230 g/mol. The van der Waals surface area contributed by atoms with Gasteiger partial charge in [0.15, 0.2) is 0 Å². The third-order valence-corrected chi connectivity index (χ3v) is 5.07. The topological polar surface area (TPSA) is 23.6 Å². The molecule has 17 heavy (non-hydrogen) atoms. The van der Waals surface area contributed by atoms with Gasteiger partial charge in [-0.25, -0.2) is 0 Å². The van der Waals surface area contributed by atoms with Crippen molar-refractivity contribution in [3.8, 4) is 0 Å². The van der Waals surface area contributed by atoms with Crippen molar-refractivity contribution < 1.29 is 4.79 Å². The first kappa shape index (κ1) is 9.89. The second-order valence-corrected chi connectivity index (χ2v) is 5.66. The van der Waals surface area contributed by atoms with Crippen LogP contribution in [0.15, 0.2) is 23.8 Å². The molecule has 4 aliphatic rings. The third kappa shape index (κ3) is 1.08. The first-order chi connectivity index (χ1) is 8.32. The van der Waals surface area contributed by atoms with Crippen LogP contribution in [0.4, 0.5) is 0 Å². The molecule has 0 N–H and O–H groups in total. The van der Waals surface area contributed by atoms with E-state index in [0.717, 1.165) is 19.5 Å². The van der Waals surface area contributed by atoms with E-state index in [-0.39, 0.29) is 5.54 Å². The van der Waals surface area contributed by atoms with Crippen molar-refractivity contribution in [3.05, 3.63) is 23.8 Å². The quantitative estimate of drug-likeness (QED) is 0.626. The molecule has 90 valence electrons. The molecule has 3 nitrogen and oxygen atoms in total. The van der Waals surface area contributed by atoms with Gasteiger partial charge in [-0.05, 0) is 31.4 Å². The van der Waals surface area contributed by atoms with Gasteiger partial charge in [-0.3, -0.25) is 9.69 Å². The first-order valence-electron chi connectivity index (χ1n) is 6.73. The number of allylic oxidation sites excluding steroid dienone is 2. The molecule has 3 heteroatoms. The summed E-state index contributed by atoms with van der Waals surface area (Å²) >= 11 is 0. The van der Waals surface area contributed by atoms with E-state index >= 15 is 0 Å². The standard InChI is InChI=1S/C14H18N2O/c17-13-10-11-4-1-2-6-14(11)12-5-3-7-15(12)8-9-16(13)14/h1-2,4,12H,3,5-10H2. The van der Waals surface area contributed by atoms with E-state index in [1.54, 1.807) is 0 Å². The summed E-state index contributed by atoms with van der Waals surface area (Å²) in [6, 6.07) is 0.582. The fraction of sp³-hybridized carbons (Fsp3) is 0.643. The summed E-state index contributed by atoms with van der Waals surface area (Å²) in [6.45, 7) is 3.24. The van der Waals surface area contributed by atoms with Gasteiger partial charge in [0.05, 0.1) is 12.0 Å². The van der Waals surface area contributed by atoms with Gasteiger partial charge in [-0.2, -0.15) is 0 Å². The molecule has 4 rings (SSSR count). The number of fused-ring (bicyclic) bond motifs is 1. The fourth-order valence-electron chi connectivity index (χ4n) is 4.40. The molecule has 3 aliphatic heterocycles. The average Bonchev–Trinajstić information content (AvgIpc) is 2.90. The highest BCUT2D eigenvalue weighted by molar-refractivity contribution is 5.86. The lowest BCUT2D eigenvalue weighted by atomic mass is 9.75. The second-order valence-electron chi connectivity index (χ2n) is 5.66. The SMILES string of the molecule is O=C1CC2=CC=CCC23C2CCCN2CCN13. The Kier molecular flexibility index (Phi) is 1.88. The van der Waals surface area contributed by atoms with Crippen molar-refractivity contribution in [2.24, 2.45) is 0 Å². The van der Waals surface area contributed by atoms with E-state index in [1.807, 2.05) is 0 Å². The summed E-state index contributed by atoms with van der Waals surface area (Å²) in [5.74, 6) is 0.353. The maximum atomic E-state index is 12.2. The highest BCUT2D eigenvalue weighted by Crippen LogP contribution is 2.49. The molecule has 1 spiro atoms. The summed E-state index contributed by atoms with van der Waals surface area (Å²) in [7, 11) is 0. The third-order valence-electron chi connectivity index (χ3n) is 5.07. The largest absolute Gasteiger partial charge is 0.330 e. The van der Waals surface area contributed by atoms with E-state index < -0.39 is 0 Å². The predicted molar refractivity (Wildman–Crippen MR) is 65.5 cm³/mol.